The van der Waals surface area contributed by atoms with E-state index >= 15 is 0 Å². The average Bonchev–Trinajstić information content (AvgIpc) is 2.62. The van der Waals surface area contributed by atoms with Gasteiger partial charge in [-0.3, -0.25) is 0 Å². The summed E-state index contributed by atoms with van der Waals surface area (Å²) in [7, 11) is 0. The fourth-order valence-corrected chi connectivity index (χ4v) is 3.04. The standard InChI is InChI=1S/C22H16/c1-3-9-17(10-4-1)19-15-16-20(18-11-5-2-6-12-18)22-14-8-7-13-21(19)22/h1-16H. The second-order valence-electron chi connectivity index (χ2n) is 5.44. The van der Waals surface area contributed by atoms with E-state index in [1.807, 2.05) is 0 Å². The van der Waals surface area contributed by atoms with Gasteiger partial charge in [0.2, 0.25) is 0 Å². The lowest BCUT2D eigenvalue weighted by Gasteiger charge is -2.12. The molecule has 104 valence electrons. The van der Waals surface area contributed by atoms with Crippen LogP contribution in [0.3, 0.4) is 0 Å². The second-order valence-corrected chi connectivity index (χ2v) is 5.44. The maximum atomic E-state index is 2.24. The van der Waals surface area contributed by atoms with Crippen molar-refractivity contribution in [3.63, 3.8) is 0 Å². The molecule has 0 spiro atoms. The molecule has 4 rings (SSSR count). The van der Waals surface area contributed by atoms with E-state index in [1.165, 1.54) is 33.0 Å². The van der Waals surface area contributed by atoms with Crippen molar-refractivity contribution in [2.45, 2.75) is 0 Å². The van der Waals surface area contributed by atoms with Gasteiger partial charge in [-0.1, -0.05) is 97.1 Å². The van der Waals surface area contributed by atoms with Gasteiger partial charge in [0.15, 0.2) is 0 Å². The summed E-state index contributed by atoms with van der Waals surface area (Å²) in [6, 6.07) is 34.3. The molecule has 4 aromatic carbocycles. The normalized spacial score (nSPS) is 10.7. The molecule has 0 unspecified atom stereocenters. The van der Waals surface area contributed by atoms with Crippen LogP contribution in [0, 0.1) is 0 Å². The number of fused-ring (bicyclic) bond motifs is 1. The Bertz CT molecular complexity index is 828. The number of rotatable bonds is 2. The highest BCUT2D eigenvalue weighted by Crippen LogP contribution is 2.35. The molecule has 22 heavy (non-hydrogen) atoms. The lowest BCUT2D eigenvalue weighted by Crippen LogP contribution is -1.85. The molecule has 0 saturated carbocycles. The first-order chi connectivity index (χ1) is 10.9. The first kappa shape index (κ1) is 12.8. The molecule has 0 heteroatoms. The molecule has 0 nitrogen and oxygen atoms in total. The summed E-state index contributed by atoms with van der Waals surface area (Å²) in [5, 5.41) is 2.60. The summed E-state index contributed by atoms with van der Waals surface area (Å²) in [5.41, 5.74) is 5.10. The predicted molar refractivity (Wildman–Crippen MR) is 94.8 cm³/mol. The van der Waals surface area contributed by atoms with Gasteiger partial charge in [0.05, 0.1) is 0 Å². The van der Waals surface area contributed by atoms with Gasteiger partial charge in [-0.15, -0.1) is 0 Å². The molecule has 0 saturated heterocycles. The van der Waals surface area contributed by atoms with Crippen molar-refractivity contribution >= 4 is 10.8 Å². The van der Waals surface area contributed by atoms with Gasteiger partial charge in [-0.05, 0) is 33.0 Å². The minimum absolute atomic E-state index is 1.26. The van der Waals surface area contributed by atoms with E-state index < -0.39 is 0 Å². The molecule has 0 aliphatic rings. The van der Waals surface area contributed by atoms with Gasteiger partial charge in [-0.2, -0.15) is 0 Å². The van der Waals surface area contributed by atoms with E-state index in [-0.39, 0.29) is 0 Å². The van der Waals surface area contributed by atoms with Crippen molar-refractivity contribution in [1.29, 1.82) is 0 Å². The van der Waals surface area contributed by atoms with Crippen molar-refractivity contribution < 1.29 is 0 Å². The van der Waals surface area contributed by atoms with Crippen molar-refractivity contribution in [1.82, 2.24) is 0 Å². The fraction of sp³-hybridized carbons (Fsp3) is 0. The molecule has 0 bridgehead atoms. The van der Waals surface area contributed by atoms with Crippen LogP contribution in [-0.4, -0.2) is 0 Å². The van der Waals surface area contributed by atoms with Gasteiger partial charge < -0.3 is 0 Å². The first-order valence-electron chi connectivity index (χ1n) is 7.56. The van der Waals surface area contributed by atoms with E-state index in [9.17, 15) is 0 Å². The Labute approximate surface area is 130 Å². The predicted octanol–water partition coefficient (Wildman–Crippen LogP) is 6.17. The Hall–Kier alpha value is -2.86. The molecule has 0 aromatic heterocycles. The molecule has 0 amide bonds. The first-order valence-corrected chi connectivity index (χ1v) is 7.56. The van der Waals surface area contributed by atoms with E-state index in [2.05, 4.69) is 97.1 Å². The molecule has 0 aliphatic heterocycles. The van der Waals surface area contributed by atoms with Crippen molar-refractivity contribution in [3.8, 4) is 22.3 Å². The summed E-state index contributed by atoms with van der Waals surface area (Å²) in [5.74, 6) is 0. The quantitative estimate of drug-likeness (QED) is 0.411. The Kier molecular flexibility index (Phi) is 3.21. The highest BCUT2D eigenvalue weighted by atomic mass is 14.1. The van der Waals surface area contributed by atoms with Crippen LogP contribution in [0.2, 0.25) is 0 Å². The van der Waals surface area contributed by atoms with Gasteiger partial charge in [0.1, 0.15) is 0 Å². The van der Waals surface area contributed by atoms with E-state index in [0.717, 1.165) is 0 Å². The van der Waals surface area contributed by atoms with Gasteiger partial charge in [0.25, 0.3) is 0 Å². The largest absolute Gasteiger partial charge is 0.0622 e. The third kappa shape index (κ3) is 2.19. The van der Waals surface area contributed by atoms with Crippen molar-refractivity contribution in [3.05, 3.63) is 97.1 Å². The molecule has 0 radical (unpaired) electrons. The Morgan fingerprint density at radius 1 is 0.318 bits per heavy atom. The molecule has 0 aliphatic carbocycles. The molecular formula is C22H16. The minimum atomic E-state index is 1.26. The highest BCUT2D eigenvalue weighted by Gasteiger charge is 2.08. The van der Waals surface area contributed by atoms with Crippen molar-refractivity contribution in [2.75, 3.05) is 0 Å². The van der Waals surface area contributed by atoms with Crippen LogP contribution < -0.4 is 0 Å². The summed E-state index contributed by atoms with van der Waals surface area (Å²) >= 11 is 0. The van der Waals surface area contributed by atoms with Gasteiger partial charge in [0, 0.05) is 0 Å². The van der Waals surface area contributed by atoms with E-state index in [1.54, 1.807) is 0 Å². The molecule has 4 aromatic rings. The van der Waals surface area contributed by atoms with Crippen LogP contribution in [-0.2, 0) is 0 Å². The number of hydrogen-bond donors (Lipinski definition) is 0. The maximum Gasteiger partial charge on any atom is -0.00992 e. The van der Waals surface area contributed by atoms with Gasteiger partial charge in [-0.25, -0.2) is 0 Å². The zero-order valence-corrected chi connectivity index (χ0v) is 12.2. The van der Waals surface area contributed by atoms with Crippen LogP contribution in [0.5, 0.6) is 0 Å². The summed E-state index contributed by atoms with van der Waals surface area (Å²) < 4.78 is 0. The average molecular weight is 280 g/mol. The Balaban J connectivity index is 2.01. The van der Waals surface area contributed by atoms with E-state index in [0.29, 0.717) is 0 Å². The van der Waals surface area contributed by atoms with Gasteiger partial charge >= 0.3 is 0 Å². The number of benzene rings is 4. The molecule has 0 N–H and O–H groups in total. The van der Waals surface area contributed by atoms with E-state index in [4.69, 9.17) is 0 Å². The monoisotopic (exact) mass is 280 g/mol. The molecule has 0 heterocycles. The maximum absolute atomic E-state index is 2.24. The zero-order chi connectivity index (χ0) is 14.8. The highest BCUT2D eigenvalue weighted by molar-refractivity contribution is 6.04. The molecule has 0 fully saturated rings. The smallest absolute Gasteiger partial charge is 0.00992 e. The third-order valence-electron chi connectivity index (χ3n) is 4.09. The van der Waals surface area contributed by atoms with Crippen LogP contribution >= 0.6 is 0 Å². The van der Waals surface area contributed by atoms with Crippen molar-refractivity contribution in [2.24, 2.45) is 0 Å². The zero-order valence-electron chi connectivity index (χ0n) is 12.2. The fourth-order valence-electron chi connectivity index (χ4n) is 3.04. The van der Waals surface area contributed by atoms with Crippen LogP contribution in [0.4, 0.5) is 0 Å². The minimum Gasteiger partial charge on any atom is -0.0622 e. The Morgan fingerprint density at radius 2 is 0.682 bits per heavy atom. The third-order valence-corrected chi connectivity index (χ3v) is 4.09. The number of hydrogen-bond acceptors (Lipinski definition) is 0. The second kappa shape index (κ2) is 5.50. The molecular weight excluding hydrogens is 264 g/mol. The topological polar surface area (TPSA) is 0 Å². The van der Waals surface area contributed by atoms with Crippen LogP contribution in [0.15, 0.2) is 97.1 Å². The summed E-state index contributed by atoms with van der Waals surface area (Å²) in [6.07, 6.45) is 0. The van der Waals surface area contributed by atoms with Crippen LogP contribution in [0.25, 0.3) is 33.0 Å². The Morgan fingerprint density at radius 3 is 1.09 bits per heavy atom. The van der Waals surface area contributed by atoms with Crippen LogP contribution in [0.1, 0.15) is 0 Å². The SMILES string of the molecule is c1ccc(-c2ccc(-c3ccccc3)c3ccccc23)cc1. The lowest BCUT2D eigenvalue weighted by molar-refractivity contribution is 1.62. The summed E-state index contributed by atoms with van der Waals surface area (Å²) in [6.45, 7) is 0. The lowest BCUT2D eigenvalue weighted by atomic mass is 9.92. The summed E-state index contributed by atoms with van der Waals surface area (Å²) in [4.78, 5) is 0. The molecule has 0 atom stereocenters.